The molecule has 1 heterocycles. The Bertz CT molecular complexity index is 1290. The number of phenolic OH excluding ortho intramolecular Hbond substituents is 1. The first-order valence-electron chi connectivity index (χ1n) is 9.60. The largest absolute Gasteiger partial charge is 0.508 e. The maximum absolute atomic E-state index is 9.58. The third kappa shape index (κ3) is 3.74. The summed E-state index contributed by atoms with van der Waals surface area (Å²) in [5, 5.41) is 11.3. The van der Waals surface area contributed by atoms with Crippen LogP contribution in [0, 0.1) is 13.8 Å². The van der Waals surface area contributed by atoms with E-state index >= 15 is 0 Å². The van der Waals surface area contributed by atoms with E-state index < -0.39 is 0 Å². The topological polar surface area (TPSA) is 64.2 Å². The van der Waals surface area contributed by atoms with E-state index in [9.17, 15) is 5.11 Å². The van der Waals surface area contributed by atoms with Gasteiger partial charge in [0.2, 0.25) is 0 Å². The van der Waals surface area contributed by atoms with Gasteiger partial charge in [-0.3, -0.25) is 0 Å². The van der Waals surface area contributed by atoms with Gasteiger partial charge >= 0.3 is 0 Å². The fraction of sp³-hybridized carbons (Fsp3) is 0.160. The number of hydrogen-bond acceptors (Lipinski definition) is 5. The van der Waals surface area contributed by atoms with Gasteiger partial charge in [-0.15, -0.1) is 0 Å². The number of hydrogen-bond donors (Lipinski definition) is 1. The lowest BCUT2D eigenvalue weighted by molar-refractivity contribution is 0.355. The van der Waals surface area contributed by atoms with E-state index in [2.05, 4.69) is 13.0 Å². The van der Waals surface area contributed by atoms with Crippen molar-refractivity contribution in [3.8, 4) is 28.6 Å². The Morgan fingerprint density at radius 2 is 1.57 bits per heavy atom. The van der Waals surface area contributed by atoms with Crippen LogP contribution in [0.3, 0.4) is 0 Å². The van der Waals surface area contributed by atoms with Crippen LogP contribution in [-0.4, -0.2) is 19.3 Å². The molecule has 4 rings (SSSR count). The Hall–Kier alpha value is -3.73. The molecule has 30 heavy (non-hydrogen) atoms. The summed E-state index contributed by atoms with van der Waals surface area (Å²) in [6.07, 6.45) is 0. The monoisotopic (exact) mass is 401 g/mol. The molecular weight excluding hydrogens is 378 g/mol. The van der Waals surface area contributed by atoms with Gasteiger partial charge in [-0.25, -0.2) is 4.99 Å². The fourth-order valence-corrected chi connectivity index (χ4v) is 3.57. The third-order valence-electron chi connectivity index (χ3n) is 4.95. The number of methoxy groups -OCH3 is 2. The highest BCUT2D eigenvalue weighted by molar-refractivity contribution is 5.83. The molecule has 5 nitrogen and oxygen atoms in total. The highest BCUT2D eigenvalue weighted by Crippen LogP contribution is 2.33. The molecule has 0 saturated carbocycles. The SMILES string of the molecule is COc1ccc(-c2cc(=Nc3ccc(O)cc3)c3c(C)cc(C)cc3o2)cc1OC. The number of aromatic hydroxyl groups is 1. The molecule has 1 N–H and O–H groups in total. The maximum Gasteiger partial charge on any atom is 0.161 e. The minimum atomic E-state index is 0.208. The minimum absolute atomic E-state index is 0.208. The molecule has 1 aromatic heterocycles. The number of nitrogens with zero attached hydrogens (tertiary/aromatic N) is 1. The number of aryl methyl sites for hydroxylation is 2. The van der Waals surface area contributed by atoms with E-state index in [4.69, 9.17) is 18.9 Å². The molecule has 0 aliphatic heterocycles. The maximum atomic E-state index is 9.58. The Morgan fingerprint density at radius 3 is 2.27 bits per heavy atom. The normalized spacial score (nSPS) is 11.7. The summed E-state index contributed by atoms with van der Waals surface area (Å²) < 4.78 is 17.1. The Labute approximate surface area is 174 Å². The van der Waals surface area contributed by atoms with Gasteiger partial charge < -0.3 is 19.0 Å². The number of ether oxygens (including phenoxy) is 2. The van der Waals surface area contributed by atoms with Crippen molar-refractivity contribution in [2.75, 3.05) is 14.2 Å². The van der Waals surface area contributed by atoms with Gasteiger partial charge in [-0.2, -0.15) is 0 Å². The van der Waals surface area contributed by atoms with E-state index in [0.29, 0.717) is 17.3 Å². The summed E-state index contributed by atoms with van der Waals surface area (Å²) >= 11 is 0. The first-order chi connectivity index (χ1) is 14.5. The molecule has 0 spiro atoms. The van der Waals surface area contributed by atoms with Gasteiger partial charge in [0, 0.05) is 17.0 Å². The smallest absolute Gasteiger partial charge is 0.161 e. The molecule has 0 bridgehead atoms. The molecule has 152 valence electrons. The fourth-order valence-electron chi connectivity index (χ4n) is 3.57. The standard InChI is InChI=1S/C25H23NO4/c1-15-11-16(2)25-20(26-18-6-8-19(27)9-7-18)14-22(30-24(25)12-15)17-5-10-21(28-3)23(13-17)29-4/h5-14,27H,1-4H3. The molecule has 4 aromatic rings. The van der Waals surface area contributed by atoms with Crippen molar-refractivity contribution in [2.45, 2.75) is 13.8 Å². The lowest BCUT2D eigenvalue weighted by atomic mass is 10.0. The Kier molecular flexibility index (Phi) is 5.19. The number of fused-ring (bicyclic) bond motifs is 1. The van der Waals surface area contributed by atoms with Gasteiger partial charge in [0.1, 0.15) is 17.1 Å². The molecule has 0 amide bonds. The van der Waals surface area contributed by atoms with Crippen molar-refractivity contribution >= 4 is 16.7 Å². The number of benzene rings is 3. The predicted molar refractivity (Wildman–Crippen MR) is 118 cm³/mol. The summed E-state index contributed by atoms with van der Waals surface area (Å²) in [6.45, 7) is 4.10. The average molecular weight is 401 g/mol. The molecule has 0 aliphatic carbocycles. The zero-order valence-corrected chi connectivity index (χ0v) is 17.4. The van der Waals surface area contributed by atoms with Crippen LogP contribution in [0.2, 0.25) is 0 Å². The van der Waals surface area contributed by atoms with Gasteiger partial charge in [0.25, 0.3) is 0 Å². The zero-order valence-electron chi connectivity index (χ0n) is 17.4. The van der Waals surface area contributed by atoms with Crippen LogP contribution >= 0.6 is 0 Å². The van der Waals surface area contributed by atoms with Crippen LogP contribution in [0.5, 0.6) is 17.2 Å². The van der Waals surface area contributed by atoms with E-state index in [0.717, 1.165) is 38.7 Å². The van der Waals surface area contributed by atoms with Crippen LogP contribution in [0.25, 0.3) is 22.3 Å². The summed E-state index contributed by atoms with van der Waals surface area (Å²) in [7, 11) is 3.22. The van der Waals surface area contributed by atoms with Crippen LogP contribution in [0.4, 0.5) is 5.69 Å². The first kappa shape index (κ1) is 19.6. The number of phenols is 1. The molecular formula is C25H23NO4. The molecule has 0 saturated heterocycles. The van der Waals surface area contributed by atoms with E-state index in [1.54, 1.807) is 38.5 Å². The quantitative estimate of drug-likeness (QED) is 0.478. The first-order valence-corrected chi connectivity index (χ1v) is 9.60. The molecule has 0 aliphatic rings. The predicted octanol–water partition coefficient (Wildman–Crippen LogP) is 5.67. The third-order valence-corrected chi connectivity index (χ3v) is 4.95. The second kappa shape index (κ2) is 7.95. The Balaban J connectivity index is 2.00. The van der Waals surface area contributed by atoms with Crippen LogP contribution in [0.15, 0.2) is 70.1 Å². The van der Waals surface area contributed by atoms with Gasteiger partial charge in [-0.1, -0.05) is 6.07 Å². The summed E-state index contributed by atoms with van der Waals surface area (Å²) in [5.41, 5.74) is 4.57. The average Bonchev–Trinajstić information content (AvgIpc) is 2.74. The highest BCUT2D eigenvalue weighted by atomic mass is 16.5. The number of rotatable bonds is 4. The second-order valence-corrected chi connectivity index (χ2v) is 7.15. The molecule has 0 fully saturated rings. The molecule has 3 aromatic carbocycles. The summed E-state index contributed by atoms with van der Waals surface area (Å²) in [4.78, 5) is 4.84. The molecule has 0 unspecified atom stereocenters. The van der Waals surface area contributed by atoms with Gasteiger partial charge in [0.15, 0.2) is 11.5 Å². The second-order valence-electron chi connectivity index (χ2n) is 7.15. The highest BCUT2D eigenvalue weighted by Gasteiger charge is 2.12. The van der Waals surface area contributed by atoms with Gasteiger partial charge in [0.05, 0.1) is 25.3 Å². The van der Waals surface area contributed by atoms with Crippen molar-refractivity contribution in [3.05, 3.63) is 77.1 Å². The Morgan fingerprint density at radius 1 is 0.833 bits per heavy atom. The molecule has 0 radical (unpaired) electrons. The van der Waals surface area contributed by atoms with Crippen molar-refractivity contribution in [3.63, 3.8) is 0 Å². The van der Waals surface area contributed by atoms with Crippen LogP contribution in [0.1, 0.15) is 11.1 Å². The molecule has 0 atom stereocenters. The van der Waals surface area contributed by atoms with E-state index in [-0.39, 0.29) is 5.75 Å². The molecule has 5 heteroatoms. The van der Waals surface area contributed by atoms with E-state index in [1.807, 2.05) is 37.3 Å². The van der Waals surface area contributed by atoms with Crippen molar-refractivity contribution in [1.29, 1.82) is 0 Å². The summed E-state index contributed by atoms with van der Waals surface area (Å²) in [5.74, 6) is 2.16. The van der Waals surface area contributed by atoms with Crippen LogP contribution < -0.4 is 14.8 Å². The van der Waals surface area contributed by atoms with Gasteiger partial charge in [-0.05, 0) is 73.5 Å². The zero-order chi connectivity index (χ0) is 21.3. The van der Waals surface area contributed by atoms with Crippen molar-refractivity contribution in [2.24, 2.45) is 4.99 Å². The minimum Gasteiger partial charge on any atom is -0.508 e. The van der Waals surface area contributed by atoms with Crippen molar-refractivity contribution in [1.82, 2.24) is 0 Å². The summed E-state index contributed by atoms with van der Waals surface area (Å²) in [6, 6.07) is 18.5. The van der Waals surface area contributed by atoms with Crippen LogP contribution in [-0.2, 0) is 0 Å². The lowest BCUT2D eigenvalue weighted by Gasteiger charge is -2.11. The van der Waals surface area contributed by atoms with Crippen molar-refractivity contribution < 1.29 is 19.0 Å². The lowest BCUT2D eigenvalue weighted by Crippen LogP contribution is -2.05. The van der Waals surface area contributed by atoms with E-state index in [1.165, 1.54) is 0 Å².